The van der Waals surface area contributed by atoms with E-state index in [0.29, 0.717) is 17.7 Å². The molecule has 0 radical (unpaired) electrons. The zero-order valence-electron chi connectivity index (χ0n) is 9.06. The summed E-state index contributed by atoms with van der Waals surface area (Å²) in [7, 11) is 0. The predicted octanol–water partition coefficient (Wildman–Crippen LogP) is 1.67. The maximum Gasteiger partial charge on any atom is 0.191 e. The Morgan fingerprint density at radius 2 is 2.24 bits per heavy atom. The Kier molecular flexibility index (Phi) is 4.70. The van der Waals surface area contributed by atoms with Crippen LogP contribution in [0.5, 0.6) is 5.75 Å². The second-order valence-corrected chi connectivity index (χ2v) is 3.09. The summed E-state index contributed by atoms with van der Waals surface area (Å²) in [6.45, 7) is 0.186. The maximum atomic E-state index is 12.9. The molecule has 1 aromatic rings. The Morgan fingerprint density at radius 3 is 2.76 bits per heavy atom. The van der Waals surface area contributed by atoms with Gasteiger partial charge in [0.15, 0.2) is 6.17 Å². The molecule has 0 fully saturated rings. The van der Waals surface area contributed by atoms with E-state index in [-0.39, 0.29) is 12.4 Å². The minimum Gasteiger partial charge on any atom is -0.481 e. The van der Waals surface area contributed by atoms with Crippen LogP contribution in [0.25, 0.3) is 0 Å². The summed E-state index contributed by atoms with van der Waals surface area (Å²) in [6.07, 6.45) is 3.97. The number of aliphatic imine (C=N–C) groups is 1. The van der Waals surface area contributed by atoms with E-state index in [9.17, 15) is 4.39 Å². The van der Waals surface area contributed by atoms with Crippen LogP contribution in [0.4, 0.5) is 10.1 Å². The van der Waals surface area contributed by atoms with Gasteiger partial charge in [0.05, 0.1) is 5.69 Å². The largest absolute Gasteiger partial charge is 0.481 e. The molecule has 0 amide bonds. The molecule has 0 heterocycles. The number of alkyl halides is 1. The molecule has 88 valence electrons. The number of nitrogens with one attached hydrogen (secondary N) is 1. The number of rotatable bonds is 5. The Morgan fingerprint density at radius 1 is 1.59 bits per heavy atom. The smallest absolute Gasteiger partial charge is 0.191 e. The van der Waals surface area contributed by atoms with Crippen LogP contribution < -0.4 is 10.5 Å². The monoisotopic (exact) mass is 233 g/mol. The van der Waals surface area contributed by atoms with Gasteiger partial charge >= 0.3 is 0 Å². The number of benzene rings is 1. The second-order valence-electron chi connectivity index (χ2n) is 3.09. The van der Waals surface area contributed by atoms with Crippen LogP contribution in [0.3, 0.4) is 0 Å². The van der Waals surface area contributed by atoms with Gasteiger partial charge in [-0.15, -0.1) is 6.42 Å². The highest BCUT2D eigenvalue weighted by Crippen LogP contribution is 2.18. The maximum absolute atomic E-state index is 12.9. The zero-order valence-corrected chi connectivity index (χ0v) is 9.06. The lowest BCUT2D eigenvalue weighted by Crippen LogP contribution is -2.25. The minimum absolute atomic E-state index is 0.186. The van der Waals surface area contributed by atoms with Gasteiger partial charge in [-0.2, -0.15) is 0 Å². The molecule has 0 saturated carbocycles. The average molecular weight is 233 g/mol. The number of hydrogen-bond acceptors (Lipinski definition) is 3. The molecular weight excluding hydrogens is 221 g/mol. The van der Waals surface area contributed by atoms with Crippen LogP contribution in [0.1, 0.15) is 0 Å². The third-order valence-corrected chi connectivity index (χ3v) is 1.85. The van der Waals surface area contributed by atoms with Gasteiger partial charge < -0.3 is 15.9 Å². The molecule has 1 rings (SSSR count). The summed E-state index contributed by atoms with van der Waals surface area (Å²) < 4.78 is 18.1. The van der Waals surface area contributed by atoms with Crippen LogP contribution in [0, 0.1) is 17.8 Å². The van der Waals surface area contributed by atoms with E-state index in [1.54, 1.807) is 24.3 Å². The second kappa shape index (κ2) is 6.28. The van der Waals surface area contributed by atoms with E-state index >= 15 is 0 Å². The highest BCUT2D eigenvalue weighted by molar-refractivity contribution is 5.99. The molecule has 1 unspecified atom stereocenters. The molecule has 0 aliphatic carbocycles. The molecule has 3 N–H and O–H groups in total. The van der Waals surface area contributed by atoms with Crippen molar-refractivity contribution in [2.45, 2.75) is 6.17 Å². The predicted molar refractivity (Wildman–Crippen MR) is 65.7 cm³/mol. The van der Waals surface area contributed by atoms with Gasteiger partial charge in [0, 0.05) is 6.21 Å². The lowest BCUT2D eigenvalue weighted by Gasteiger charge is -2.03. The van der Waals surface area contributed by atoms with E-state index < -0.39 is 6.17 Å². The lowest BCUT2D eigenvalue weighted by atomic mass is 10.3. The van der Waals surface area contributed by atoms with Crippen LogP contribution in [0.15, 0.2) is 29.3 Å². The summed E-state index contributed by atoms with van der Waals surface area (Å²) in [5, 5.41) is 6.72. The van der Waals surface area contributed by atoms with E-state index in [0.717, 1.165) is 0 Å². The molecule has 5 heteroatoms. The van der Waals surface area contributed by atoms with E-state index in [1.165, 1.54) is 0 Å². The molecule has 0 bridgehead atoms. The van der Waals surface area contributed by atoms with Crippen LogP contribution in [-0.2, 0) is 0 Å². The van der Waals surface area contributed by atoms with Crippen molar-refractivity contribution >= 4 is 17.7 Å². The SMILES string of the molecule is C#CCOc1ccc(N=C(N)C(F)C=N)cc1. The molecule has 0 spiro atoms. The van der Waals surface area contributed by atoms with Crippen LogP contribution in [-0.4, -0.2) is 24.8 Å². The lowest BCUT2D eigenvalue weighted by molar-refractivity contribution is 0.370. The summed E-state index contributed by atoms with van der Waals surface area (Å²) >= 11 is 0. The van der Waals surface area contributed by atoms with Crippen LogP contribution >= 0.6 is 0 Å². The molecule has 0 aromatic heterocycles. The zero-order chi connectivity index (χ0) is 12.7. The van der Waals surface area contributed by atoms with E-state index in [1.807, 2.05) is 0 Å². The molecular formula is C12H12FN3O. The van der Waals surface area contributed by atoms with E-state index in [4.69, 9.17) is 22.3 Å². The summed E-state index contributed by atoms with van der Waals surface area (Å²) in [5.41, 5.74) is 5.83. The number of nitrogens with two attached hydrogens (primary N) is 1. The van der Waals surface area contributed by atoms with Gasteiger partial charge in [-0.3, -0.25) is 0 Å². The first kappa shape index (κ1) is 12.7. The van der Waals surface area contributed by atoms with Gasteiger partial charge in [0.1, 0.15) is 18.2 Å². The fourth-order valence-corrected chi connectivity index (χ4v) is 1.04. The van der Waals surface area contributed by atoms with Crippen molar-refractivity contribution in [2.75, 3.05) is 6.61 Å². The molecule has 0 aliphatic heterocycles. The van der Waals surface area contributed by atoms with Crippen molar-refractivity contribution in [1.82, 2.24) is 0 Å². The van der Waals surface area contributed by atoms with Crippen molar-refractivity contribution in [3.05, 3.63) is 24.3 Å². The first-order chi connectivity index (χ1) is 8.17. The van der Waals surface area contributed by atoms with E-state index in [2.05, 4.69) is 10.9 Å². The van der Waals surface area contributed by atoms with Gasteiger partial charge in [-0.1, -0.05) is 5.92 Å². The molecule has 0 aliphatic rings. The number of amidine groups is 1. The Balaban J connectivity index is 2.74. The van der Waals surface area contributed by atoms with Crippen molar-refractivity contribution in [3.63, 3.8) is 0 Å². The quantitative estimate of drug-likeness (QED) is 0.461. The molecule has 0 saturated heterocycles. The average Bonchev–Trinajstić information content (AvgIpc) is 2.37. The van der Waals surface area contributed by atoms with Crippen molar-refractivity contribution in [1.29, 1.82) is 5.41 Å². The van der Waals surface area contributed by atoms with Crippen molar-refractivity contribution < 1.29 is 9.13 Å². The molecule has 1 atom stereocenters. The van der Waals surface area contributed by atoms with Crippen LogP contribution in [0.2, 0.25) is 0 Å². The fourth-order valence-electron chi connectivity index (χ4n) is 1.04. The highest BCUT2D eigenvalue weighted by atomic mass is 19.1. The molecule has 1 aromatic carbocycles. The van der Waals surface area contributed by atoms with Crippen molar-refractivity contribution in [3.8, 4) is 18.1 Å². The third kappa shape index (κ3) is 3.95. The number of nitrogens with zero attached hydrogens (tertiary/aromatic N) is 1. The van der Waals surface area contributed by atoms with Gasteiger partial charge in [-0.25, -0.2) is 9.38 Å². The number of halogens is 1. The third-order valence-electron chi connectivity index (χ3n) is 1.85. The first-order valence-electron chi connectivity index (χ1n) is 4.82. The van der Waals surface area contributed by atoms with Gasteiger partial charge in [0.25, 0.3) is 0 Å². The van der Waals surface area contributed by atoms with Crippen molar-refractivity contribution in [2.24, 2.45) is 10.7 Å². The Hall–Kier alpha value is -2.35. The number of ether oxygens (including phenoxy) is 1. The van der Waals surface area contributed by atoms with Gasteiger partial charge in [-0.05, 0) is 24.3 Å². The summed E-state index contributed by atoms with van der Waals surface area (Å²) in [6, 6.07) is 6.55. The first-order valence-corrected chi connectivity index (χ1v) is 4.82. The number of terminal acetylenes is 1. The topological polar surface area (TPSA) is 71.5 Å². The molecule has 4 nitrogen and oxygen atoms in total. The fraction of sp³-hybridized carbons (Fsp3) is 0.167. The normalized spacial score (nSPS) is 12.6. The summed E-state index contributed by atoms with van der Waals surface area (Å²) in [4.78, 5) is 3.82. The Labute approximate surface area is 98.8 Å². The highest BCUT2D eigenvalue weighted by Gasteiger charge is 2.06. The standard InChI is InChI=1S/C12H12FN3O/c1-2-7-17-10-5-3-9(4-6-10)16-12(15)11(13)8-14/h1,3-6,8,11,14H,7H2,(H2,15,16). The minimum atomic E-state index is -1.66. The molecule has 17 heavy (non-hydrogen) atoms. The van der Waals surface area contributed by atoms with Gasteiger partial charge in [0.2, 0.25) is 0 Å². The number of hydrogen-bond donors (Lipinski definition) is 2. The summed E-state index contributed by atoms with van der Waals surface area (Å²) in [5.74, 6) is 2.69. The Bertz CT molecular complexity index is 448.